The Labute approximate surface area is 103 Å². The smallest absolute Gasteiger partial charge is 0.0740 e. The van der Waals surface area contributed by atoms with Gasteiger partial charge in [0.15, 0.2) is 0 Å². The molecule has 0 aliphatic heterocycles. The molecule has 1 aromatic heterocycles. The lowest BCUT2D eigenvalue weighted by atomic mass is 10.0. The van der Waals surface area contributed by atoms with Gasteiger partial charge in [0.05, 0.1) is 5.52 Å². The summed E-state index contributed by atoms with van der Waals surface area (Å²) in [5.74, 6) is 0.579. The van der Waals surface area contributed by atoms with E-state index in [9.17, 15) is 0 Å². The molecule has 2 aromatic rings. The van der Waals surface area contributed by atoms with Crippen molar-refractivity contribution < 1.29 is 0 Å². The topological polar surface area (TPSA) is 12.9 Å². The van der Waals surface area contributed by atoms with Crippen molar-refractivity contribution in [3.8, 4) is 0 Å². The fourth-order valence-electron chi connectivity index (χ4n) is 1.92. The molecule has 0 radical (unpaired) electrons. The van der Waals surface area contributed by atoms with E-state index in [0.29, 0.717) is 5.92 Å². The van der Waals surface area contributed by atoms with Crippen LogP contribution in [0.2, 0.25) is 0 Å². The van der Waals surface area contributed by atoms with E-state index in [2.05, 4.69) is 62.2 Å². The molecule has 0 aliphatic rings. The lowest BCUT2D eigenvalue weighted by Crippen LogP contribution is -1.90. The van der Waals surface area contributed by atoms with Crippen molar-refractivity contribution in [1.29, 1.82) is 0 Å². The third kappa shape index (κ3) is 2.55. The van der Waals surface area contributed by atoms with Gasteiger partial charge in [0.1, 0.15) is 0 Å². The van der Waals surface area contributed by atoms with E-state index >= 15 is 0 Å². The second kappa shape index (κ2) is 4.70. The average molecular weight is 225 g/mol. The zero-order chi connectivity index (χ0) is 12.4. The minimum absolute atomic E-state index is 0.579. The molecule has 17 heavy (non-hydrogen) atoms. The summed E-state index contributed by atoms with van der Waals surface area (Å²) in [5.41, 5.74) is 4.73. The molecule has 0 fully saturated rings. The SMILES string of the molecule is Cc1ccc2ccc(/C=C\C(C)C)c(C)c2n1. The number of fused-ring (bicyclic) bond motifs is 1. The maximum atomic E-state index is 4.63. The van der Waals surface area contributed by atoms with Gasteiger partial charge >= 0.3 is 0 Å². The molecule has 0 saturated carbocycles. The number of hydrogen-bond acceptors (Lipinski definition) is 1. The molecule has 1 heteroatoms. The molecule has 0 saturated heterocycles. The highest BCUT2D eigenvalue weighted by Crippen LogP contribution is 2.21. The summed E-state index contributed by atoms with van der Waals surface area (Å²) >= 11 is 0. The highest BCUT2D eigenvalue weighted by atomic mass is 14.7. The van der Waals surface area contributed by atoms with Crippen LogP contribution in [-0.4, -0.2) is 4.98 Å². The summed E-state index contributed by atoms with van der Waals surface area (Å²) in [4.78, 5) is 4.63. The van der Waals surface area contributed by atoms with Gasteiger partial charge in [-0.05, 0) is 37.0 Å². The van der Waals surface area contributed by atoms with Gasteiger partial charge in [0, 0.05) is 11.1 Å². The van der Waals surface area contributed by atoms with Crippen molar-refractivity contribution in [2.75, 3.05) is 0 Å². The Hall–Kier alpha value is -1.63. The number of pyridine rings is 1. The Balaban J connectivity index is 2.56. The predicted molar refractivity (Wildman–Crippen MR) is 75.1 cm³/mol. The number of benzene rings is 1. The number of aromatic nitrogens is 1. The van der Waals surface area contributed by atoms with Gasteiger partial charge in [-0.3, -0.25) is 4.98 Å². The molecule has 88 valence electrons. The van der Waals surface area contributed by atoms with E-state index in [1.807, 2.05) is 6.92 Å². The van der Waals surface area contributed by atoms with Gasteiger partial charge in [0.25, 0.3) is 0 Å². The second-order valence-electron chi connectivity index (χ2n) is 4.91. The Morgan fingerprint density at radius 2 is 1.76 bits per heavy atom. The molecule has 0 amide bonds. The molecule has 1 heterocycles. The van der Waals surface area contributed by atoms with Crippen molar-refractivity contribution in [1.82, 2.24) is 4.98 Å². The van der Waals surface area contributed by atoms with Crippen LogP contribution in [-0.2, 0) is 0 Å². The first-order valence-electron chi connectivity index (χ1n) is 6.13. The van der Waals surface area contributed by atoms with E-state index in [0.717, 1.165) is 11.2 Å². The number of nitrogens with zero attached hydrogens (tertiary/aromatic N) is 1. The lowest BCUT2D eigenvalue weighted by molar-refractivity contribution is 0.836. The van der Waals surface area contributed by atoms with E-state index < -0.39 is 0 Å². The van der Waals surface area contributed by atoms with Crippen LogP contribution in [0.3, 0.4) is 0 Å². The zero-order valence-electron chi connectivity index (χ0n) is 11.0. The summed E-state index contributed by atoms with van der Waals surface area (Å²) < 4.78 is 0. The van der Waals surface area contributed by atoms with Crippen molar-refractivity contribution in [3.63, 3.8) is 0 Å². The fourth-order valence-corrected chi connectivity index (χ4v) is 1.92. The van der Waals surface area contributed by atoms with Crippen molar-refractivity contribution in [3.05, 3.63) is 47.2 Å². The third-order valence-electron chi connectivity index (χ3n) is 2.96. The van der Waals surface area contributed by atoms with E-state index in [-0.39, 0.29) is 0 Å². The van der Waals surface area contributed by atoms with Crippen LogP contribution < -0.4 is 0 Å². The minimum Gasteiger partial charge on any atom is -0.253 e. The van der Waals surface area contributed by atoms with Crippen molar-refractivity contribution in [2.24, 2.45) is 5.92 Å². The highest BCUT2D eigenvalue weighted by Gasteiger charge is 2.03. The Kier molecular flexibility index (Phi) is 3.28. The molecule has 0 aliphatic carbocycles. The molecular formula is C16H19N. The van der Waals surface area contributed by atoms with Crippen molar-refractivity contribution >= 4 is 17.0 Å². The van der Waals surface area contributed by atoms with Gasteiger partial charge in [-0.15, -0.1) is 0 Å². The Bertz CT molecular complexity index is 565. The average Bonchev–Trinajstić information content (AvgIpc) is 2.29. The van der Waals surface area contributed by atoms with Gasteiger partial charge in [-0.1, -0.05) is 44.2 Å². The molecular weight excluding hydrogens is 206 g/mol. The summed E-state index contributed by atoms with van der Waals surface area (Å²) in [6.45, 7) is 8.56. The minimum atomic E-state index is 0.579. The number of aryl methyl sites for hydroxylation is 2. The van der Waals surface area contributed by atoms with Crippen LogP contribution in [0.15, 0.2) is 30.3 Å². The van der Waals surface area contributed by atoms with Crippen LogP contribution in [0.4, 0.5) is 0 Å². The molecule has 2 rings (SSSR count). The maximum absolute atomic E-state index is 4.63. The molecule has 1 aromatic carbocycles. The Morgan fingerprint density at radius 3 is 2.47 bits per heavy atom. The molecule has 0 spiro atoms. The van der Waals surface area contributed by atoms with Gasteiger partial charge < -0.3 is 0 Å². The lowest BCUT2D eigenvalue weighted by Gasteiger charge is -2.06. The van der Waals surface area contributed by atoms with Gasteiger partial charge in [-0.25, -0.2) is 0 Å². The molecule has 0 unspecified atom stereocenters. The normalized spacial score (nSPS) is 11.8. The van der Waals surface area contributed by atoms with E-state index in [1.54, 1.807) is 0 Å². The largest absolute Gasteiger partial charge is 0.253 e. The quantitative estimate of drug-likeness (QED) is 0.732. The van der Waals surface area contributed by atoms with Gasteiger partial charge in [0.2, 0.25) is 0 Å². The van der Waals surface area contributed by atoms with Crippen LogP contribution in [0, 0.1) is 19.8 Å². The first kappa shape index (κ1) is 11.8. The Morgan fingerprint density at radius 1 is 1.06 bits per heavy atom. The number of rotatable bonds is 2. The van der Waals surface area contributed by atoms with Crippen LogP contribution in [0.1, 0.15) is 30.7 Å². The maximum Gasteiger partial charge on any atom is 0.0740 e. The van der Waals surface area contributed by atoms with Crippen LogP contribution in [0.5, 0.6) is 0 Å². The van der Waals surface area contributed by atoms with E-state index in [4.69, 9.17) is 0 Å². The first-order valence-corrected chi connectivity index (χ1v) is 6.13. The van der Waals surface area contributed by atoms with Crippen LogP contribution >= 0.6 is 0 Å². The standard InChI is InChI=1S/C16H19N/c1-11(2)5-7-14-9-10-15-8-6-12(3)17-16(15)13(14)4/h5-11H,1-4H3/b7-5-. The molecule has 0 bridgehead atoms. The molecule has 0 N–H and O–H groups in total. The fraction of sp³-hybridized carbons (Fsp3) is 0.312. The predicted octanol–water partition coefficient (Wildman–Crippen LogP) is 4.52. The second-order valence-corrected chi connectivity index (χ2v) is 4.91. The van der Waals surface area contributed by atoms with Gasteiger partial charge in [-0.2, -0.15) is 0 Å². The molecule has 1 nitrogen and oxygen atoms in total. The summed E-state index contributed by atoms with van der Waals surface area (Å²) in [7, 11) is 0. The first-order chi connectivity index (χ1) is 8.08. The van der Waals surface area contributed by atoms with E-state index in [1.165, 1.54) is 16.5 Å². The zero-order valence-corrected chi connectivity index (χ0v) is 11.0. The monoisotopic (exact) mass is 225 g/mol. The van der Waals surface area contributed by atoms with Crippen molar-refractivity contribution in [2.45, 2.75) is 27.7 Å². The summed E-state index contributed by atoms with van der Waals surface area (Å²) in [6.07, 6.45) is 4.42. The third-order valence-corrected chi connectivity index (χ3v) is 2.96. The summed E-state index contributed by atoms with van der Waals surface area (Å²) in [6, 6.07) is 8.52. The number of hydrogen-bond donors (Lipinski definition) is 0. The molecule has 0 atom stereocenters. The summed E-state index contributed by atoms with van der Waals surface area (Å²) in [5, 5.41) is 1.22. The number of allylic oxidation sites excluding steroid dienone is 1. The highest BCUT2D eigenvalue weighted by molar-refractivity contribution is 5.85. The van der Waals surface area contributed by atoms with Crippen LogP contribution in [0.25, 0.3) is 17.0 Å².